The number of carbonyl (C=O) groups excluding carboxylic acids is 1. The molecule has 0 saturated carbocycles. The maximum absolute atomic E-state index is 12.6. The minimum Gasteiger partial charge on any atom is -0.480 e. The first-order chi connectivity index (χ1) is 13.6. The first kappa shape index (κ1) is 20.2. The number of benzene rings is 2. The number of nitrogens with zero attached hydrogens (tertiary/aromatic N) is 1. The number of hydrogen-bond acceptors (Lipinski definition) is 3. The minimum absolute atomic E-state index is 0.0662. The summed E-state index contributed by atoms with van der Waals surface area (Å²) >= 11 is 0. The Morgan fingerprint density at radius 1 is 1.07 bits per heavy atom. The van der Waals surface area contributed by atoms with Crippen LogP contribution in [0.1, 0.15) is 49.3 Å². The normalized spacial score (nSPS) is 15.2. The van der Waals surface area contributed by atoms with Crippen LogP contribution in [-0.2, 0) is 11.3 Å². The van der Waals surface area contributed by atoms with Gasteiger partial charge in [0.25, 0.3) is 5.91 Å². The average Bonchev–Trinajstić information content (AvgIpc) is 2.74. The Hall–Kier alpha value is -2.49. The highest BCUT2D eigenvalue weighted by Crippen LogP contribution is 2.23. The summed E-state index contributed by atoms with van der Waals surface area (Å²) in [5.74, 6) is 0.719. The van der Waals surface area contributed by atoms with Gasteiger partial charge in [-0.25, -0.2) is 0 Å². The Labute approximate surface area is 168 Å². The van der Waals surface area contributed by atoms with E-state index in [2.05, 4.69) is 47.5 Å². The van der Waals surface area contributed by atoms with Crippen LogP contribution in [0.2, 0.25) is 0 Å². The molecule has 2 aromatic carbocycles. The van der Waals surface area contributed by atoms with Gasteiger partial charge in [0, 0.05) is 25.3 Å². The van der Waals surface area contributed by atoms with E-state index in [9.17, 15) is 4.79 Å². The van der Waals surface area contributed by atoms with Crippen LogP contribution in [0.5, 0.6) is 5.75 Å². The molecule has 0 bridgehead atoms. The highest BCUT2D eigenvalue weighted by molar-refractivity contribution is 5.81. The van der Waals surface area contributed by atoms with Crippen molar-refractivity contribution in [2.24, 2.45) is 0 Å². The van der Waals surface area contributed by atoms with Crippen LogP contribution < -0.4 is 15.0 Å². The van der Waals surface area contributed by atoms with Gasteiger partial charge in [0.2, 0.25) is 0 Å². The van der Waals surface area contributed by atoms with E-state index in [0.717, 1.165) is 30.0 Å². The van der Waals surface area contributed by atoms with Gasteiger partial charge < -0.3 is 15.0 Å². The fraction of sp³-hybridized carbons (Fsp3) is 0.458. The Morgan fingerprint density at radius 2 is 1.79 bits per heavy atom. The summed E-state index contributed by atoms with van der Waals surface area (Å²) in [5.41, 5.74) is 4.64. The molecule has 1 N–H and O–H groups in total. The van der Waals surface area contributed by atoms with Crippen molar-refractivity contribution in [3.8, 4) is 5.75 Å². The molecule has 3 rings (SSSR count). The second kappa shape index (κ2) is 9.63. The number of nitrogens with one attached hydrogen (secondary N) is 1. The fourth-order valence-electron chi connectivity index (χ4n) is 3.61. The number of hydrogen-bond donors (Lipinski definition) is 1. The number of piperidine rings is 1. The van der Waals surface area contributed by atoms with Gasteiger partial charge in [0.1, 0.15) is 5.75 Å². The molecular weight excluding hydrogens is 348 g/mol. The summed E-state index contributed by atoms with van der Waals surface area (Å²) in [6.45, 7) is 8.86. The molecule has 1 heterocycles. The van der Waals surface area contributed by atoms with Crippen molar-refractivity contribution in [3.05, 3.63) is 59.2 Å². The van der Waals surface area contributed by atoms with Crippen LogP contribution in [0.3, 0.4) is 0 Å². The quantitative estimate of drug-likeness (QED) is 0.752. The number of ether oxygens (including phenoxy) is 1. The molecule has 1 aliphatic rings. The predicted molar refractivity (Wildman–Crippen MR) is 115 cm³/mol. The van der Waals surface area contributed by atoms with Crippen molar-refractivity contribution >= 4 is 11.6 Å². The van der Waals surface area contributed by atoms with Crippen LogP contribution in [-0.4, -0.2) is 25.1 Å². The van der Waals surface area contributed by atoms with Gasteiger partial charge in [-0.15, -0.1) is 0 Å². The van der Waals surface area contributed by atoms with Crippen LogP contribution in [0, 0.1) is 13.8 Å². The van der Waals surface area contributed by atoms with Gasteiger partial charge in [-0.3, -0.25) is 4.79 Å². The van der Waals surface area contributed by atoms with E-state index in [4.69, 9.17) is 4.74 Å². The van der Waals surface area contributed by atoms with E-state index in [1.54, 1.807) is 0 Å². The Morgan fingerprint density at radius 3 is 2.46 bits per heavy atom. The van der Waals surface area contributed by atoms with E-state index in [1.807, 2.05) is 26.0 Å². The average molecular weight is 381 g/mol. The van der Waals surface area contributed by atoms with Gasteiger partial charge in [0.15, 0.2) is 6.10 Å². The molecule has 0 spiro atoms. The van der Waals surface area contributed by atoms with Crippen molar-refractivity contribution in [1.82, 2.24) is 5.32 Å². The molecule has 0 aliphatic carbocycles. The first-order valence-corrected chi connectivity index (χ1v) is 10.4. The zero-order valence-corrected chi connectivity index (χ0v) is 17.3. The Kier molecular flexibility index (Phi) is 6.96. The van der Waals surface area contributed by atoms with Crippen molar-refractivity contribution in [2.45, 2.75) is 59.1 Å². The molecule has 0 radical (unpaired) electrons. The molecule has 1 saturated heterocycles. The molecule has 1 amide bonds. The molecule has 28 heavy (non-hydrogen) atoms. The van der Waals surface area contributed by atoms with E-state index in [1.165, 1.54) is 30.5 Å². The lowest BCUT2D eigenvalue weighted by Gasteiger charge is -2.28. The standard InChI is InChI=1S/C24H32N2O2/c1-4-22(28-23-10-8-9-18(2)19(23)3)24(27)25-17-20-11-13-21(14-12-20)26-15-6-5-7-16-26/h8-14,22H,4-7,15-17H2,1-3H3,(H,25,27). The highest BCUT2D eigenvalue weighted by atomic mass is 16.5. The monoisotopic (exact) mass is 380 g/mol. The second-order valence-electron chi connectivity index (χ2n) is 7.64. The van der Waals surface area contributed by atoms with Gasteiger partial charge >= 0.3 is 0 Å². The lowest BCUT2D eigenvalue weighted by atomic mass is 10.1. The summed E-state index contributed by atoms with van der Waals surface area (Å²) in [6, 6.07) is 14.5. The second-order valence-corrected chi connectivity index (χ2v) is 7.64. The lowest BCUT2D eigenvalue weighted by molar-refractivity contribution is -0.128. The number of carbonyl (C=O) groups is 1. The summed E-state index contributed by atoms with van der Waals surface area (Å²) in [4.78, 5) is 15.1. The molecule has 0 aromatic heterocycles. The Balaban J connectivity index is 1.55. The predicted octanol–water partition coefficient (Wildman–Crippen LogP) is 4.77. The number of anilines is 1. The summed E-state index contributed by atoms with van der Waals surface area (Å²) in [6.07, 6.45) is 4.04. The third-order valence-electron chi connectivity index (χ3n) is 5.61. The first-order valence-electron chi connectivity index (χ1n) is 10.4. The van der Waals surface area contributed by atoms with Crippen molar-refractivity contribution in [3.63, 3.8) is 0 Å². The van der Waals surface area contributed by atoms with Gasteiger partial charge in [-0.1, -0.05) is 31.2 Å². The zero-order valence-electron chi connectivity index (χ0n) is 17.3. The molecule has 1 unspecified atom stereocenters. The fourth-order valence-corrected chi connectivity index (χ4v) is 3.61. The smallest absolute Gasteiger partial charge is 0.261 e. The van der Waals surface area contributed by atoms with Crippen molar-refractivity contribution in [2.75, 3.05) is 18.0 Å². The SMILES string of the molecule is CCC(Oc1cccc(C)c1C)C(=O)NCc1ccc(N2CCCCC2)cc1. The van der Waals surface area contributed by atoms with Crippen LogP contribution in [0.4, 0.5) is 5.69 Å². The largest absolute Gasteiger partial charge is 0.480 e. The molecule has 2 aromatic rings. The van der Waals surface area contributed by atoms with Crippen molar-refractivity contribution < 1.29 is 9.53 Å². The molecule has 4 heteroatoms. The summed E-state index contributed by atoms with van der Waals surface area (Å²) < 4.78 is 6.01. The third kappa shape index (κ3) is 5.06. The number of aryl methyl sites for hydroxylation is 1. The van der Waals surface area contributed by atoms with Crippen LogP contribution in [0.15, 0.2) is 42.5 Å². The number of amides is 1. The molecule has 150 valence electrons. The van der Waals surface area contributed by atoms with Gasteiger partial charge in [-0.2, -0.15) is 0 Å². The molecular formula is C24H32N2O2. The lowest BCUT2D eigenvalue weighted by Crippen LogP contribution is -2.37. The maximum atomic E-state index is 12.6. The van der Waals surface area contributed by atoms with E-state index < -0.39 is 6.10 Å². The highest BCUT2D eigenvalue weighted by Gasteiger charge is 2.19. The van der Waals surface area contributed by atoms with Gasteiger partial charge in [-0.05, 0) is 74.4 Å². The Bertz CT molecular complexity index is 780. The molecule has 1 atom stereocenters. The van der Waals surface area contributed by atoms with E-state index in [-0.39, 0.29) is 5.91 Å². The zero-order chi connectivity index (χ0) is 19.9. The minimum atomic E-state index is -0.479. The van der Waals surface area contributed by atoms with Gasteiger partial charge in [0.05, 0.1) is 0 Å². The topological polar surface area (TPSA) is 41.6 Å². The van der Waals surface area contributed by atoms with Crippen molar-refractivity contribution in [1.29, 1.82) is 0 Å². The van der Waals surface area contributed by atoms with Crippen LogP contribution in [0.25, 0.3) is 0 Å². The summed E-state index contributed by atoms with van der Waals surface area (Å²) in [7, 11) is 0. The molecule has 1 aliphatic heterocycles. The third-order valence-corrected chi connectivity index (χ3v) is 5.61. The van der Waals surface area contributed by atoms with E-state index in [0.29, 0.717) is 13.0 Å². The molecule has 4 nitrogen and oxygen atoms in total. The van der Waals surface area contributed by atoms with Crippen LogP contribution >= 0.6 is 0 Å². The maximum Gasteiger partial charge on any atom is 0.261 e. The van der Waals surface area contributed by atoms with E-state index >= 15 is 0 Å². The summed E-state index contributed by atoms with van der Waals surface area (Å²) in [5, 5.41) is 3.03. The number of rotatable bonds is 7. The molecule has 1 fully saturated rings.